The Balaban J connectivity index is 1.57. The number of carboxylic acid groups (broad SMARTS) is 1. The molecule has 2 saturated heterocycles. The lowest BCUT2D eigenvalue weighted by Gasteiger charge is -2.41. The molecule has 0 unspecified atom stereocenters. The van der Waals surface area contributed by atoms with Crippen molar-refractivity contribution in [1.82, 2.24) is 14.9 Å². The number of aliphatic carboxylic acids is 1. The van der Waals surface area contributed by atoms with Crippen LogP contribution < -0.4 is 4.90 Å². The Kier molecular flexibility index (Phi) is 5.44. The van der Waals surface area contributed by atoms with Crippen LogP contribution in [0.25, 0.3) is 0 Å². The number of piperidine rings is 2. The smallest absolute Gasteiger partial charge is 0.309 e. The molecule has 142 valence electrons. The van der Waals surface area contributed by atoms with Crippen molar-refractivity contribution in [2.45, 2.75) is 39.5 Å². The van der Waals surface area contributed by atoms with Gasteiger partial charge in [-0.15, -0.1) is 0 Å². The summed E-state index contributed by atoms with van der Waals surface area (Å²) in [4.78, 5) is 37.1. The largest absolute Gasteiger partial charge is 0.481 e. The maximum absolute atomic E-state index is 13.0. The first-order chi connectivity index (χ1) is 12.4. The van der Waals surface area contributed by atoms with Crippen molar-refractivity contribution in [3.63, 3.8) is 0 Å². The predicted octanol–water partition coefficient (Wildman–Crippen LogP) is 2.04. The van der Waals surface area contributed by atoms with E-state index >= 15 is 0 Å². The first-order valence-corrected chi connectivity index (χ1v) is 9.43. The summed E-state index contributed by atoms with van der Waals surface area (Å²) in [6.45, 7) is 6.39. The number of anilines is 1. The van der Waals surface area contributed by atoms with Crippen LogP contribution in [-0.2, 0) is 9.59 Å². The van der Waals surface area contributed by atoms with Gasteiger partial charge in [0, 0.05) is 44.5 Å². The van der Waals surface area contributed by atoms with Crippen LogP contribution in [0.2, 0.25) is 0 Å². The second kappa shape index (κ2) is 7.60. The number of hydrogen-bond donors (Lipinski definition) is 1. The third-order valence-electron chi connectivity index (χ3n) is 5.98. The average Bonchev–Trinajstić information content (AvgIpc) is 2.68. The summed E-state index contributed by atoms with van der Waals surface area (Å²) in [7, 11) is 0. The first-order valence-electron chi connectivity index (χ1n) is 9.43. The lowest BCUT2D eigenvalue weighted by molar-refractivity contribution is -0.154. The number of carboxylic acids is 1. The molecule has 1 aromatic rings. The molecule has 26 heavy (non-hydrogen) atoms. The van der Waals surface area contributed by atoms with Gasteiger partial charge in [-0.2, -0.15) is 0 Å². The third kappa shape index (κ3) is 3.81. The van der Waals surface area contributed by atoms with E-state index in [0.717, 1.165) is 51.3 Å². The molecule has 1 atom stereocenters. The number of carbonyl (C=O) groups excluding carboxylic acids is 1. The van der Waals surface area contributed by atoms with Crippen molar-refractivity contribution < 1.29 is 14.7 Å². The summed E-state index contributed by atoms with van der Waals surface area (Å²) in [5.41, 5.74) is -0.799. The highest BCUT2D eigenvalue weighted by atomic mass is 16.4. The van der Waals surface area contributed by atoms with Gasteiger partial charge >= 0.3 is 5.97 Å². The topological polar surface area (TPSA) is 86.6 Å². The molecule has 7 nitrogen and oxygen atoms in total. The summed E-state index contributed by atoms with van der Waals surface area (Å²) in [5, 5.41) is 9.48. The van der Waals surface area contributed by atoms with Crippen molar-refractivity contribution in [3.05, 3.63) is 18.5 Å². The van der Waals surface area contributed by atoms with Crippen LogP contribution in [0.3, 0.4) is 0 Å². The van der Waals surface area contributed by atoms with Crippen LogP contribution in [0, 0.1) is 17.3 Å². The van der Waals surface area contributed by atoms with E-state index in [2.05, 4.69) is 14.9 Å². The second-order valence-corrected chi connectivity index (χ2v) is 7.96. The summed E-state index contributed by atoms with van der Waals surface area (Å²) in [6, 6.07) is 1.80. The number of carbonyl (C=O) groups is 2. The molecule has 1 amide bonds. The zero-order valence-corrected chi connectivity index (χ0v) is 15.6. The SMILES string of the molecule is CC(C)(C(=O)O)[C@@H]1CCCN(C(=O)C2CCN(c3ncccn3)CC2)C1. The maximum Gasteiger partial charge on any atom is 0.309 e. The van der Waals surface area contributed by atoms with Gasteiger partial charge in [-0.3, -0.25) is 9.59 Å². The van der Waals surface area contributed by atoms with E-state index in [1.165, 1.54) is 0 Å². The maximum atomic E-state index is 13.0. The minimum atomic E-state index is -0.799. The number of hydrogen-bond acceptors (Lipinski definition) is 5. The molecule has 7 heteroatoms. The minimum Gasteiger partial charge on any atom is -0.481 e. The zero-order chi connectivity index (χ0) is 18.7. The number of likely N-dealkylation sites (tertiary alicyclic amines) is 1. The van der Waals surface area contributed by atoms with E-state index in [1.807, 2.05) is 4.90 Å². The van der Waals surface area contributed by atoms with E-state index in [1.54, 1.807) is 32.3 Å². The Morgan fingerprint density at radius 1 is 1.12 bits per heavy atom. The third-order valence-corrected chi connectivity index (χ3v) is 5.98. The molecule has 1 N–H and O–H groups in total. The van der Waals surface area contributed by atoms with E-state index in [0.29, 0.717) is 6.54 Å². The predicted molar refractivity (Wildman–Crippen MR) is 97.7 cm³/mol. The second-order valence-electron chi connectivity index (χ2n) is 7.96. The van der Waals surface area contributed by atoms with Crippen molar-refractivity contribution in [1.29, 1.82) is 0 Å². The van der Waals surface area contributed by atoms with Gasteiger partial charge in [0.1, 0.15) is 0 Å². The molecule has 2 aliphatic rings. The first kappa shape index (κ1) is 18.6. The lowest BCUT2D eigenvalue weighted by Crippen LogP contribution is -2.50. The normalized spacial score (nSPS) is 22.3. The molecule has 0 radical (unpaired) electrons. The standard InChI is InChI=1S/C19H28N4O3/c1-19(2,17(25)26)15-5-3-10-23(13-15)16(24)14-6-11-22(12-7-14)18-20-8-4-9-21-18/h4,8-9,14-15H,3,5-7,10-13H2,1-2H3,(H,25,26)/t15-/m1/s1. The summed E-state index contributed by atoms with van der Waals surface area (Å²) < 4.78 is 0. The van der Waals surface area contributed by atoms with Gasteiger partial charge in [-0.1, -0.05) is 0 Å². The van der Waals surface area contributed by atoms with Crippen molar-refractivity contribution in [2.24, 2.45) is 17.3 Å². The van der Waals surface area contributed by atoms with E-state index in [-0.39, 0.29) is 17.7 Å². The Hall–Kier alpha value is -2.18. The van der Waals surface area contributed by atoms with Gasteiger partial charge in [0.15, 0.2) is 0 Å². The Morgan fingerprint density at radius 2 is 1.77 bits per heavy atom. The fourth-order valence-corrected chi connectivity index (χ4v) is 3.98. The molecule has 0 spiro atoms. The van der Waals surface area contributed by atoms with E-state index < -0.39 is 11.4 Å². The van der Waals surface area contributed by atoms with Crippen LogP contribution >= 0.6 is 0 Å². The summed E-state index contributed by atoms with van der Waals surface area (Å²) >= 11 is 0. The van der Waals surface area contributed by atoms with Crippen LogP contribution in [0.5, 0.6) is 0 Å². The van der Waals surface area contributed by atoms with Gasteiger partial charge in [-0.25, -0.2) is 9.97 Å². The van der Waals surface area contributed by atoms with E-state index in [4.69, 9.17) is 0 Å². The molecule has 3 rings (SSSR count). The average molecular weight is 360 g/mol. The van der Waals surface area contributed by atoms with Gasteiger partial charge in [0.25, 0.3) is 0 Å². The summed E-state index contributed by atoms with van der Waals surface area (Å²) in [6.07, 6.45) is 6.80. The van der Waals surface area contributed by atoms with Crippen molar-refractivity contribution >= 4 is 17.8 Å². The van der Waals surface area contributed by atoms with Crippen molar-refractivity contribution in [3.8, 4) is 0 Å². The highest BCUT2D eigenvalue weighted by molar-refractivity contribution is 5.79. The fourth-order valence-electron chi connectivity index (χ4n) is 3.98. The molecule has 0 aromatic carbocycles. The molecule has 2 fully saturated rings. The zero-order valence-electron chi connectivity index (χ0n) is 15.6. The highest BCUT2D eigenvalue weighted by Gasteiger charge is 2.41. The number of aromatic nitrogens is 2. The Labute approximate surface area is 154 Å². The molecular weight excluding hydrogens is 332 g/mol. The number of nitrogens with zero attached hydrogens (tertiary/aromatic N) is 4. The van der Waals surface area contributed by atoms with E-state index in [9.17, 15) is 14.7 Å². The monoisotopic (exact) mass is 360 g/mol. The summed E-state index contributed by atoms with van der Waals surface area (Å²) in [5.74, 6) is 0.147. The molecular formula is C19H28N4O3. The van der Waals surface area contributed by atoms with Crippen LogP contribution in [0.4, 0.5) is 5.95 Å². The molecule has 0 saturated carbocycles. The Bertz CT molecular complexity index is 641. The molecule has 1 aromatic heterocycles. The molecule has 0 aliphatic carbocycles. The minimum absolute atomic E-state index is 0.00973. The van der Waals surface area contributed by atoms with Gasteiger partial charge in [0.05, 0.1) is 5.41 Å². The van der Waals surface area contributed by atoms with Crippen molar-refractivity contribution in [2.75, 3.05) is 31.1 Å². The molecule has 0 bridgehead atoms. The fraction of sp³-hybridized carbons (Fsp3) is 0.684. The molecule has 2 aliphatic heterocycles. The van der Waals surface area contributed by atoms with Gasteiger partial charge < -0.3 is 14.9 Å². The lowest BCUT2D eigenvalue weighted by atomic mass is 9.74. The number of rotatable bonds is 4. The van der Waals surface area contributed by atoms with Gasteiger partial charge in [0.2, 0.25) is 11.9 Å². The highest BCUT2D eigenvalue weighted by Crippen LogP contribution is 2.35. The molecule has 3 heterocycles. The Morgan fingerprint density at radius 3 is 2.38 bits per heavy atom. The van der Waals surface area contributed by atoms with Crippen LogP contribution in [0.1, 0.15) is 39.5 Å². The van der Waals surface area contributed by atoms with Crippen LogP contribution in [0.15, 0.2) is 18.5 Å². The van der Waals surface area contributed by atoms with Crippen LogP contribution in [-0.4, -0.2) is 58.0 Å². The van der Waals surface area contributed by atoms with Gasteiger partial charge in [-0.05, 0) is 51.5 Å². The number of amides is 1. The quantitative estimate of drug-likeness (QED) is 0.884.